The Hall–Kier alpha value is -2.48. The number of benzene rings is 1. The lowest BCUT2D eigenvalue weighted by atomic mass is 9.91. The maximum absolute atomic E-state index is 14.0. The SMILES string of the molecule is Nc1c(-c2cc(F)ccc2F)ccnc1C1=CCOCC1C(F)(F)F. The Kier molecular flexibility index (Phi) is 4.47. The molecule has 2 N–H and O–H groups in total. The van der Waals surface area contributed by atoms with Crippen molar-refractivity contribution in [1.29, 1.82) is 0 Å². The Morgan fingerprint density at radius 3 is 2.60 bits per heavy atom. The van der Waals surface area contributed by atoms with Gasteiger partial charge in [0.1, 0.15) is 17.6 Å². The molecule has 0 fully saturated rings. The quantitative estimate of drug-likeness (QED) is 0.821. The topological polar surface area (TPSA) is 48.1 Å². The molecule has 1 aromatic carbocycles. The monoisotopic (exact) mass is 356 g/mol. The molecule has 0 amide bonds. The second-order valence-corrected chi connectivity index (χ2v) is 5.54. The van der Waals surface area contributed by atoms with Gasteiger partial charge in [0, 0.05) is 17.3 Å². The molecule has 25 heavy (non-hydrogen) atoms. The number of hydrogen-bond donors (Lipinski definition) is 1. The second kappa shape index (κ2) is 6.44. The van der Waals surface area contributed by atoms with Crippen LogP contribution in [-0.4, -0.2) is 24.4 Å². The van der Waals surface area contributed by atoms with Crippen molar-refractivity contribution >= 4 is 11.3 Å². The maximum Gasteiger partial charge on any atom is 0.398 e. The van der Waals surface area contributed by atoms with Crippen LogP contribution in [0.3, 0.4) is 0 Å². The molecule has 1 atom stereocenters. The summed E-state index contributed by atoms with van der Waals surface area (Å²) in [4.78, 5) is 3.94. The zero-order chi connectivity index (χ0) is 18.2. The number of anilines is 1. The molecular weight excluding hydrogens is 343 g/mol. The number of aromatic nitrogens is 1. The fourth-order valence-corrected chi connectivity index (χ4v) is 2.74. The summed E-state index contributed by atoms with van der Waals surface area (Å²) in [6.45, 7) is -0.559. The highest BCUT2D eigenvalue weighted by Crippen LogP contribution is 2.42. The average molecular weight is 356 g/mol. The molecule has 1 aromatic heterocycles. The Morgan fingerprint density at radius 1 is 1.12 bits per heavy atom. The summed E-state index contributed by atoms with van der Waals surface area (Å²) in [5.74, 6) is -3.31. The Balaban J connectivity index is 2.13. The van der Waals surface area contributed by atoms with E-state index in [1.807, 2.05) is 0 Å². The first kappa shape index (κ1) is 17.3. The number of halogens is 5. The summed E-state index contributed by atoms with van der Waals surface area (Å²) in [6, 6.07) is 4.14. The van der Waals surface area contributed by atoms with Gasteiger partial charge < -0.3 is 10.5 Å². The molecular formula is C17H13F5N2O. The minimum absolute atomic E-state index is 0.0123. The number of rotatable bonds is 2. The number of pyridine rings is 1. The molecule has 1 aliphatic rings. The molecule has 132 valence electrons. The summed E-state index contributed by atoms with van der Waals surface area (Å²) < 4.78 is 72.1. The summed E-state index contributed by atoms with van der Waals surface area (Å²) in [7, 11) is 0. The van der Waals surface area contributed by atoms with Crippen molar-refractivity contribution in [2.75, 3.05) is 18.9 Å². The minimum atomic E-state index is -4.54. The molecule has 0 spiro atoms. The smallest absolute Gasteiger partial charge is 0.396 e. The number of nitrogen functional groups attached to an aromatic ring is 1. The first-order chi connectivity index (χ1) is 11.8. The van der Waals surface area contributed by atoms with Crippen LogP contribution in [0.15, 0.2) is 36.5 Å². The molecule has 2 aromatic rings. The van der Waals surface area contributed by atoms with Gasteiger partial charge in [-0.3, -0.25) is 4.98 Å². The lowest BCUT2D eigenvalue weighted by molar-refractivity contribution is -0.172. The number of hydrogen-bond acceptors (Lipinski definition) is 3. The van der Waals surface area contributed by atoms with Crippen molar-refractivity contribution in [3.63, 3.8) is 0 Å². The highest BCUT2D eigenvalue weighted by molar-refractivity contribution is 5.85. The zero-order valence-corrected chi connectivity index (χ0v) is 12.8. The molecule has 3 nitrogen and oxygen atoms in total. The average Bonchev–Trinajstić information content (AvgIpc) is 2.57. The van der Waals surface area contributed by atoms with Gasteiger partial charge in [-0.25, -0.2) is 8.78 Å². The largest absolute Gasteiger partial charge is 0.398 e. The van der Waals surface area contributed by atoms with Crippen LogP contribution >= 0.6 is 0 Å². The predicted octanol–water partition coefficient (Wildman–Crippen LogP) is 4.20. The second-order valence-electron chi connectivity index (χ2n) is 5.54. The van der Waals surface area contributed by atoms with Gasteiger partial charge >= 0.3 is 6.18 Å². The number of alkyl halides is 3. The van der Waals surface area contributed by atoms with Gasteiger partial charge in [0.05, 0.1) is 24.6 Å². The third kappa shape index (κ3) is 3.34. The van der Waals surface area contributed by atoms with E-state index >= 15 is 0 Å². The van der Waals surface area contributed by atoms with E-state index in [1.165, 1.54) is 18.3 Å². The van der Waals surface area contributed by atoms with E-state index in [1.54, 1.807) is 0 Å². The fourth-order valence-electron chi connectivity index (χ4n) is 2.74. The van der Waals surface area contributed by atoms with Gasteiger partial charge in [0.25, 0.3) is 0 Å². The minimum Gasteiger partial charge on any atom is -0.396 e. The van der Waals surface area contributed by atoms with Crippen molar-refractivity contribution in [2.45, 2.75) is 6.18 Å². The van der Waals surface area contributed by atoms with E-state index in [-0.39, 0.29) is 34.7 Å². The predicted molar refractivity (Wildman–Crippen MR) is 82.3 cm³/mol. The van der Waals surface area contributed by atoms with Crippen LogP contribution in [0.25, 0.3) is 16.7 Å². The molecule has 2 heterocycles. The molecule has 0 saturated heterocycles. The van der Waals surface area contributed by atoms with Crippen LogP contribution in [0.1, 0.15) is 5.69 Å². The standard InChI is InChI=1S/C17H13F5N2O/c18-9-1-2-14(19)12(7-9)10-3-5-24-16(15(10)23)11-4-6-25-8-13(11)17(20,21)22/h1-5,7,13H,6,8,23H2. The Labute approximate surface area is 139 Å². The van der Waals surface area contributed by atoms with Crippen molar-refractivity contribution in [3.8, 4) is 11.1 Å². The molecule has 0 bridgehead atoms. The van der Waals surface area contributed by atoms with Crippen molar-refractivity contribution < 1.29 is 26.7 Å². The maximum atomic E-state index is 14.0. The van der Waals surface area contributed by atoms with Gasteiger partial charge in [0.15, 0.2) is 0 Å². The van der Waals surface area contributed by atoms with Gasteiger partial charge in [-0.05, 0) is 29.8 Å². The normalized spacial score (nSPS) is 18.1. The highest BCUT2D eigenvalue weighted by atomic mass is 19.4. The van der Waals surface area contributed by atoms with Crippen LogP contribution in [0, 0.1) is 17.6 Å². The number of nitrogens with two attached hydrogens (primary N) is 1. The van der Waals surface area contributed by atoms with Gasteiger partial charge in [0.2, 0.25) is 0 Å². The highest BCUT2D eigenvalue weighted by Gasteiger charge is 2.44. The van der Waals surface area contributed by atoms with Crippen molar-refractivity contribution in [2.24, 2.45) is 5.92 Å². The third-order valence-corrected chi connectivity index (χ3v) is 3.96. The van der Waals surface area contributed by atoms with Crippen molar-refractivity contribution in [1.82, 2.24) is 4.98 Å². The lowest BCUT2D eigenvalue weighted by Gasteiger charge is -2.27. The van der Waals surface area contributed by atoms with E-state index in [2.05, 4.69) is 4.98 Å². The molecule has 0 aliphatic carbocycles. The zero-order valence-electron chi connectivity index (χ0n) is 12.8. The van der Waals surface area contributed by atoms with Gasteiger partial charge in [-0.15, -0.1) is 0 Å². The van der Waals surface area contributed by atoms with Crippen LogP contribution < -0.4 is 5.73 Å². The molecule has 0 radical (unpaired) electrons. The van der Waals surface area contributed by atoms with Crippen LogP contribution in [-0.2, 0) is 4.74 Å². The molecule has 1 unspecified atom stereocenters. The third-order valence-electron chi connectivity index (χ3n) is 3.96. The van der Waals surface area contributed by atoms with Crippen LogP contribution in [0.4, 0.5) is 27.6 Å². The summed E-state index contributed by atoms with van der Waals surface area (Å²) in [5.41, 5.74) is 5.53. The molecule has 8 heteroatoms. The number of ether oxygens (including phenoxy) is 1. The summed E-state index contributed by atoms with van der Waals surface area (Å²) in [5, 5.41) is 0. The van der Waals surface area contributed by atoms with E-state index in [9.17, 15) is 22.0 Å². The van der Waals surface area contributed by atoms with E-state index in [0.717, 1.165) is 18.2 Å². The van der Waals surface area contributed by atoms with Gasteiger partial charge in [-0.1, -0.05) is 6.08 Å². The van der Waals surface area contributed by atoms with Crippen LogP contribution in [0.2, 0.25) is 0 Å². The Morgan fingerprint density at radius 2 is 1.88 bits per heavy atom. The van der Waals surface area contributed by atoms with E-state index in [4.69, 9.17) is 10.5 Å². The Bertz CT molecular complexity index is 832. The number of nitrogens with zero attached hydrogens (tertiary/aromatic N) is 1. The first-order valence-electron chi connectivity index (χ1n) is 7.34. The van der Waals surface area contributed by atoms with E-state index in [0.29, 0.717) is 0 Å². The fraction of sp³-hybridized carbons (Fsp3) is 0.235. The lowest BCUT2D eigenvalue weighted by Crippen LogP contribution is -2.32. The summed E-state index contributed by atoms with van der Waals surface area (Å²) in [6.07, 6.45) is -2.07. The van der Waals surface area contributed by atoms with Gasteiger partial charge in [-0.2, -0.15) is 13.2 Å². The van der Waals surface area contributed by atoms with Crippen molar-refractivity contribution in [3.05, 3.63) is 53.9 Å². The molecule has 1 aliphatic heterocycles. The van der Waals surface area contributed by atoms with Crippen LogP contribution in [0.5, 0.6) is 0 Å². The van der Waals surface area contributed by atoms with E-state index < -0.39 is 30.3 Å². The summed E-state index contributed by atoms with van der Waals surface area (Å²) >= 11 is 0. The molecule has 0 saturated carbocycles. The molecule has 3 rings (SSSR count). The first-order valence-corrected chi connectivity index (χ1v) is 7.34.